The van der Waals surface area contributed by atoms with Gasteiger partial charge in [0.15, 0.2) is 0 Å². The van der Waals surface area contributed by atoms with Crippen LogP contribution in [0.3, 0.4) is 0 Å². The van der Waals surface area contributed by atoms with Crippen LogP contribution < -0.4 is 4.72 Å². The average Bonchev–Trinajstić information content (AvgIpc) is 2.80. The maximum atomic E-state index is 13.8. The van der Waals surface area contributed by atoms with Crippen LogP contribution in [0.2, 0.25) is 0 Å². The van der Waals surface area contributed by atoms with Gasteiger partial charge in [-0.05, 0) is 77.9 Å². The van der Waals surface area contributed by atoms with E-state index in [2.05, 4.69) is 4.72 Å². The molecule has 0 aromatic heterocycles. The Balaban J connectivity index is 1.68. The highest BCUT2D eigenvalue weighted by Crippen LogP contribution is 2.26. The van der Waals surface area contributed by atoms with Crippen LogP contribution in [-0.2, 0) is 21.2 Å². The molecule has 5 nitrogen and oxygen atoms in total. The van der Waals surface area contributed by atoms with Gasteiger partial charge in [0.2, 0.25) is 10.0 Å². The molecule has 0 bridgehead atoms. The molecule has 0 atom stereocenters. The van der Waals surface area contributed by atoms with Crippen molar-refractivity contribution in [1.29, 1.82) is 0 Å². The number of aliphatic carboxylic acids is 1. The highest BCUT2D eigenvalue weighted by atomic mass is 32.2. The summed E-state index contributed by atoms with van der Waals surface area (Å²) >= 11 is 0. The van der Waals surface area contributed by atoms with Gasteiger partial charge >= 0.3 is 5.97 Å². The minimum absolute atomic E-state index is 0.00276. The van der Waals surface area contributed by atoms with E-state index in [-0.39, 0.29) is 23.7 Å². The van der Waals surface area contributed by atoms with Crippen LogP contribution in [0, 0.1) is 11.6 Å². The molecule has 0 fully saturated rings. The molecule has 0 aliphatic heterocycles. The summed E-state index contributed by atoms with van der Waals surface area (Å²) in [6.07, 6.45) is 3.41. The second-order valence-corrected chi connectivity index (χ2v) is 9.48. The Morgan fingerprint density at radius 3 is 2.26 bits per heavy atom. The van der Waals surface area contributed by atoms with Crippen molar-refractivity contribution in [2.75, 3.05) is 6.54 Å². The summed E-state index contributed by atoms with van der Waals surface area (Å²) in [5.41, 5.74) is 3.23. The van der Waals surface area contributed by atoms with E-state index in [0.717, 1.165) is 28.8 Å². The Morgan fingerprint density at radius 2 is 1.62 bits per heavy atom. The van der Waals surface area contributed by atoms with E-state index in [4.69, 9.17) is 5.11 Å². The number of carboxylic acids is 1. The van der Waals surface area contributed by atoms with Crippen molar-refractivity contribution in [3.05, 3.63) is 107 Å². The van der Waals surface area contributed by atoms with Crippen LogP contribution in [0.25, 0.3) is 5.57 Å². The first-order valence-corrected chi connectivity index (χ1v) is 12.3. The van der Waals surface area contributed by atoms with Crippen LogP contribution in [0.15, 0.2) is 83.8 Å². The number of hydrogen-bond acceptors (Lipinski definition) is 3. The van der Waals surface area contributed by atoms with Gasteiger partial charge in [-0.2, -0.15) is 0 Å². The van der Waals surface area contributed by atoms with Crippen molar-refractivity contribution in [2.45, 2.75) is 30.6 Å². The van der Waals surface area contributed by atoms with Crippen LogP contribution in [0.1, 0.15) is 36.0 Å². The van der Waals surface area contributed by atoms with Gasteiger partial charge in [0.25, 0.3) is 0 Å². The third-order valence-corrected chi connectivity index (χ3v) is 6.65. The zero-order chi connectivity index (χ0) is 24.6. The fourth-order valence-corrected chi connectivity index (χ4v) is 4.47. The molecule has 0 aliphatic carbocycles. The van der Waals surface area contributed by atoms with E-state index in [9.17, 15) is 22.0 Å². The first-order valence-electron chi connectivity index (χ1n) is 10.8. The quantitative estimate of drug-likeness (QED) is 0.367. The molecule has 0 spiro atoms. The van der Waals surface area contributed by atoms with Crippen molar-refractivity contribution in [1.82, 2.24) is 4.72 Å². The van der Waals surface area contributed by atoms with E-state index in [1.54, 1.807) is 12.1 Å². The summed E-state index contributed by atoms with van der Waals surface area (Å²) in [7, 11) is -3.73. The lowest BCUT2D eigenvalue weighted by atomic mass is 9.95. The van der Waals surface area contributed by atoms with E-state index in [0.29, 0.717) is 24.8 Å². The number of unbranched alkanes of at least 4 members (excludes halogenated alkanes) is 1. The summed E-state index contributed by atoms with van der Waals surface area (Å²) in [6.45, 7) is 0.167. The minimum Gasteiger partial charge on any atom is -0.481 e. The third kappa shape index (κ3) is 7.33. The Morgan fingerprint density at radius 1 is 0.912 bits per heavy atom. The molecule has 3 aromatic rings. The smallest absolute Gasteiger partial charge is 0.303 e. The largest absolute Gasteiger partial charge is 0.481 e. The van der Waals surface area contributed by atoms with Gasteiger partial charge < -0.3 is 5.11 Å². The Bertz CT molecular complexity index is 1250. The van der Waals surface area contributed by atoms with Gasteiger partial charge in [0.05, 0.1) is 4.90 Å². The van der Waals surface area contributed by atoms with E-state index < -0.39 is 21.8 Å². The normalized spacial score (nSPS) is 12.0. The molecule has 3 aromatic carbocycles. The molecule has 3 rings (SSSR count). The van der Waals surface area contributed by atoms with Crippen LogP contribution in [-0.4, -0.2) is 26.0 Å². The maximum absolute atomic E-state index is 13.8. The fraction of sp³-hybridized carbons (Fsp3) is 0.192. The number of hydrogen-bond donors (Lipinski definition) is 2. The number of halogens is 2. The summed E-state index contributed by atoms with van der Waals surface area (Å²) in [5.74, 6) is -1.73. The lowest BCUT2D eigenvalue weighted by molar-refractivity contribution is -0.137. The minimum atomic E-state index is -3.73. The number of sulfonamides is 1. The van der Waals surface area contributed by atoms with Crippen LogP contribution >= 0.6 is 0 Å². The standard InChI is InChI=1S/C26H25F2NO4S/c27-22-12-14-24(15-13-22)34(32,33)29-17-16-19-8-10-20(11-9-19)25(6-1-2-7-26(30)31)21-4-3-5-23(28)18-21/h3-6,8-15,18,29H,1-2,7,16-17H2,(H,30,31)/b25-6+. The third-order valence-electron chi connectivity index (χ3n) is 5.17. The van der Waals surface area contributed by atoms with E-state index >= 15 is 0 Å². The summed E-state index contributed by atoms with van der Waals surface area (Å²) < 4.78 is 54.0. The van der Waals surface area contributed by atoms with E-state index in [1.807, 2.05) is 30.3 Å². The molecule has 0 unspecified atom stereocenters. The van der Waals surface area contributed by atoms with Crippen LogP contribution in [0.4, 0.5) is 8.78 Å². The number of benzene rings is 3. The van der Waals surface area contributed by atoms with Gasteiger partial charge in [0, 0.05) is 13.0 Å². The zero-order valence-corrected chi connectivity index (χ0v) is 19.2. The summed E-state index contributed by atoms with van der Waals surface area (Å²) in [6, 6.07) is 18.3. The molecule has 8 heteroatoms. The van der Waals surface area contributed by atoms with Crippen molar-refractivity contribution < 1.29 is 27.1 Å². The summed E-state index contributed by atoms with van der Waals surface area (Å²) in [5, 5.41) is 8.85. The SMILES string of the molecule is O=C(O)CCC/C=C(\c1ccc(CCNS(=O)(=O)c2ccc(F)cc2)cc1)c1cccc(F)c1. The van der Waals surface area contributed by atoms with Crippen molar-refractivity contribution in [3.63, 3.8) is 0 Å². The number of allylic oxidation sites excluding steroid dienone is 1. The first-order chi connectivity index (χ1) is 16.2. The topological polar surface area (TPSA) is 83.5 Å². The molecule has 0 saturated heterocycles. The number of carbonyl (C=O) groups is 1. The van der Waals surface area contributed by atoms with Gasteiger partial charge in [-0.1, -0.05) is 42.5 Å². The Labute approximate surface area is 197 Å². The Hall–Kier alpha value is -3.36. The summed E-state index contributed by atoms with van der Waals surface area (Å²) in [4.78, 5) is 10.8. The highest BCUT2D eigenvalue weighted by molar-refractivity contribution is 7.89. The van der Waals surface area contributed by atoms with Crippen molar-refractivity contribution >= 4 is 21.6 Å². The van der Waals surface area contributed by atoms with E-state index in [1.165, 1.54) is 24.3 Å². The average molecular weight is 486 g/mol. The van der Waals surface area contributed by atoms with Crippen molar-refractivity contribution in [2.24, 2.45) is 0 Å². The molecule has 34 heavy (non-hydrogen) atoms. The number of rotatable bonds is 11. The molecule has 0 radical (unpaired) electrons. The number of carboxylic acid groups (broad SMARTS) is 1. The molecule has 0 heterocycles. The molecule has 0 saturated carbocycles. The van der Waals surface area contributed by atoms with Gasteiger partial charge in [0.1, 0.15) is 11.6 Å². The van der Waals surface area contributed by atoms with Crippen molar-refractivity contribution in [3.8, 4) is 0 Å². The molecule has 0 aliphatic rings. The van der Waals surface area contributed by atoms with Gasteiger partial charge in [-0.15, -0.1) is 0 Å². The molecule has 2 N–H and O–H groups in total. The predicted octanol–water partition coefficient (Wildman–Crippen LogP) is 5.17. The predicted molar refractivity (Wildman–Crippen MR) is 127 cm³/mol. The lowest BCUT2D eigenvalue weighted by Gasteiger charge is -2.11. The number of nitrogens with one attached hydrogen (secondary N) is 1. The first kappa shape index (κ1) is 25.3. The van der Waals surface area contributed by atoms with Gasteiger partial charge in [-0.3, -0.25) is 4.79 Å². The van der Waals surface area contributed by atoms with Gasteiger partial charge in [-0.25, -0.2) is 21.9 Å². The monoisotopic (exact) mass is 485 g/mol. The highest BCUT2D eigenvalue weighted by Gasteiger charge is 2.13. The second kappa shape index (κ2) is 11.7. The lowest BCUT2D eigenvalue weighted by Crippen LogP contribution is -2.26. The Kier molecular flexibility index (Phi) is 8.67. The zero-order valence-electron chi connectivity index (χ0n) is 18.4. The maximum Gasteiger partial charge on any atom is 0.303 e. The molecular weight excluding hydrogens is 460 g/mol. The second-order valence-electron chi connectivity index (χ2n) is 7.71. The molecule has 178 valence electrons. The molecular formula is C26H25F2NO4S. The van der Waals surface area contributed by atoms with Crippen LogP contribution in [0.5, 0.6) is 0 Å². The fourth-order valence-electron chi connectivity index (χ4n) is 3.44. The molecule has 0 amide bonds.